The molecule has 0 atom stereocenters. The molecule has 0 fully saturated rings. The lowest BCUT2D eigenvalue weighted by Gasteiger charge is -2.32. The van der Waals surface area contributed by atoms with Crippen molar-refractivity contribution >= 4 is 0 Å². The molecule has 0 aromatic heterocycles. The van der Waals surface area contributed by atoms with Crippen molar-refractivity contribution in [2.45, 2.75) is 69.8 Å². The van der Waals surface area contributed by atoms with Gasteiger partial charge in [0.25, 0.3) is 5.60 Å². The van der Waals surface area contributed by atoms with E-state index in [0.29, 0.717) is 24.1 Å². The number of benzene rings is 1. The molecule has 138 valence electrons. The van der Waals surface area contributed by atoms with Crippen molar-refractivity contribution in [1.82, 2.24) is 0 Å². The van der Waals surface area contributed by atoms with Crippen LogP contribution in [0.15, 0.2) is 24.3 Å². The third kappa shape index (κ3) is 4.88. The van der Waals surface area contributed by atoms with Gasteiger partial charge in [0, 0.05) is 5.56 Å². The van der Waals surface area contributed by atoms with Crippen LogP contribution < -0.4 is 0 Å². The van der Waals surface area contributed by atoms with Gasteiger partial charge in [0.05, 0.1) is 0 Å². The highest BCUT2D eigenvalue weighted by atomic mass is 19.4. The maximum atomic E-state index is 12.8. The summed E-state index contributed by atoms with van der Waals surface area (Å²) < 4.78 is 76.6. The summed E-state index contributed by atoms with van der Waals surface area (Å²) >= 11 is 0. The van der Waals surface area contributed by atoms with Crippen LogP contribution in [0.2, 0.25) is 0 Å². The SMILES string of the molecule is CCCCCCCCc1ccc(C(O)(C(F)(F)F)C(F)(F)F)cc1. The van der Waals surface area contributed by atoms with E-state index < -0.39 is 23.5 Å². The molecule has 0 radical (unpaired) electrons. The largest absolute Gasteiger partial charge is 0.430 e. The van der Waals surface area contributed by atoms with Gasteiger partial charge < -0.3 is 5.11 Å². The van der Waals surface area contributed by atoms with E-state index in [2.05, 4.69) is 6.92 Å². The molecule has 0 saturated carbocycles. The zero-order valence-corrected chi connectivity index (χ0v) is 13.5. The highest BCUT2D eigenvalue weighted by Crippen LogP contribution is 2.49. The number of aliphatic hydroxyl groups is 1. The highest BCUT2D eigenvalue weighted by molar-refractivity contribution is 5.30. The summed E-state index contributed by atoms with van der Waals surface area (Å²) in [6, 6.07) is 3.83. The van der Waals surface area contributed by atoms with Gasteiger partial charge in [0.2, 0.25) is 0 Å². The molecule has 0 unspecified atom stereocenters. The number of rotatable bonds is 8. The van der Waals surface area contributed by atoms with E-state index in [1.165, 1.54) is 12.1 Å². The molecule has 7 heteroatoms. The molecule has 1 aromatic rings. The van der Waals surface area contributed by atoms with Crippen molar-refractivity contribution < 1.29 is 31.4 Å². The van der Waals surface area contributed by atoms with Gasteiger partial charge in [0.1, 0.15) is 0 Å². The van der Waals surface area contributed by atoms with Crippen LogP contribution in [0, 0.1) is 0 Å². The van der Waals surface area contributed by atoms with E-state index in [0.717, 1.165) is 38.5 Å². The van der Waals surface area contributed by atoms with Gasteiger partial charge in [-0.05, 0) is 18.4 Å². The fourth-order valence-corrected chi connectivity index (χ4v) is 2.51. The van der Waals surface area contributed by atoms with Gasteiger partial charge in [-0.15, -0.1) is 0 Å². The Morgan fingerprint density at radius 3 is 1.67 bits per heavy atom. The van der Waals surface area contributed by atoms with Crippen molar-refractivity contribution in [3.05, 3.63) is 35.4 Å². The molecule has 1 nitrogen and oxygen atoms in total. The summed E-state index contributed by atoms with van der Waals surface area (Å²) in [4.78, 5) is 0. The molecule has 24 heavy (non-hydrogen) atoms. The Kier molecular flexibility index (Phi) is 7.13. The molecule has 0 aliphatic rings. The summed E-state index contributed by atoms with van der Waals surface area (Å²) in [5, 5.41) is 9.29. The van der Waals surface area contributed by atoms with Crippen LogP contribution in [0.25, 0.3) is 0 Å². The molecular weight excluding hydrogens is 334 g/mol. The number of unbranched alkanes of at least 4 members (excludes halogenated alkanes) is 5. The number of hydrogen-bond donors (Lipinski definition) is 1. The van der Waals surface area contributed by atoms with E-state index in [9.17, 15) is 31.4 Å². The zero-order chi connectivity index (χ0) is 18.4. The molecule has 1 aromatic carbocycles. The average molecular weight is 356 g/mol. The maximum absolute atomic E-state index is 12.8. The lowest BCUT2D eigenvalue weighted by Crippen LogP contribution is -2.53. The van der Waals surface area contributed by atoms with Crippen LogP contribution in [-0.4, -0.2) is 17.5 Å². The minimum atomic E-state index is -5.84. The number of aryl methyl sites for hydroxylation is 1. The minimum Gasteiger partial charge on any atom is -0.369 e. The summed E-state index contributed by atoms with van der Waals surface area (Å²) in [5.74, 6) is 0. The second-order valence-corrected chi connectivity index (χ2v) is 5.92. The first kappa shape index (κ1) is 20.8. The smallest absolute Gasteiger partial charge is 0.369 e. The molecule has 0 amide bonds. The summed E-state index contributed by atoms with van der Waals surface area (Å²) in [5.41, 5.74) is -5.41. The van der Waals surface area contributed by atoms with Gasteiger partial charge in [-0.2, -0.15) is 26.3 Å². The Hall–Kier alpha value is -1.24. The fraction of sp³-hybridized carbons (Fsp3) is 0.647. The minimum absolute atomic E-state index is 0.586. The van der Waals surface area contributed by atoms with E-state index in [1.54, 1.807) is 0 Å². The van der Waals surface area contributed by atoms with Crippen molar-refractivity contribution in [3.8, 4) is 0 Å². The van der Waals surface area contributed by atoms with Gasteiger partial charge in [-0.25, -0.2) is 0 Å². The summed E-state index contributed by atoms with van der Waals surface area (Å²) in [6.45, 7) is 2.10. The maximum Gasteiger partial charge on any atom is 0.430 e. The molecule has 0 heterocycles. The summed E-state index contributed by atoms with van der Waals surface area (Å²) in [7, 11) is 0. The average Bonchev–Trinajstić information content (AvgIpc) is 2.48. The first-order valence-electron chi connectivity index (χ1n) is 7.99. The third-order valence-corrected chi connectivity index (χ3v) is 4.01. The fourth-order valence-electron chi connectivity index (χ4n) is 2.51. The first-order valence-corrected chi connectivity index (χ1v) is 7.99. The molecule has 0 aliphatic heterocycles. The van der Waals surface area contributed by atoms with Gasteiger partial charge >= 0.3 is 12.4 Å². The molecule has 0 bridgehead atoms. The molecular formula is C17H22F6O. The van der Waals surface area contributed by atoms with Crippen LogP contribution in [0.3, 0.4) is 0 Å². The topological polar surface area (TPSA) is 20.2 Å². The van der Waals surface area contributed by atoms with Crippen LogP contribution in [0.1, 0.15) is 56.6 Å². The van der Waals surface area contributed by atoms with Crippen molar-refractivity contribution in [3.63, 3.8) is 0 Å². The number of halogens is 6. The third-order valence-electron chi connectivity index (χ3n) is 4.01. The Morgan fingerprint density at radius 1 is 0.750 bits per heavy atom. The van der Waals surface area contributed by atoms with Gasteiger partial charge in [-0.3, -0.25) is 0 Å². The Balaban J connectivity index is 2.75. The highest BCUT2D eigenvalue weighted by Gasteiger charge is 2.71. The van der Waals surface area contributed by atoms with E-state index >= 15 is 0 Å². The predicted molar refractivity (Wildman–Crippen MR) is 79.5 cm³/mol. The molecule has 1 N–H and O–H groups in total. The lowest BCUT2D eigenvalue weighted by atomic mass is 9.91. The molecule has 1 rings (SSSR count). The normalized spacial score (nSPS) is 13.3. The van der Waals surface area contributed by atoms with Crippen LogP contribution in [0.5, 0.6) is 0 Å². The van der Waals surface area contributed by atoms with Crippen molar-refractivity contribution in [1.29, 1.82) is 0 Å². The predicted octanol–water partition coefficient (Wildman–Crippen LogP) is 5.90. The van der Waals surface area contributed by atoms with Crippen molar-refractivity contribution in [2.75, 3.05) is 0 Å². The van der Waals surface area contributed by atoms with Gasteiger partial charge in [-0.1, -0.05) is 63.3 Å². The summed E-state index contributed by atoms with van der Waals surface area (Å²) in [6.07, 6.45) is -4.83. The standard InChI is InChI=1S/C17H22F6O/c1-2-3-4-5-6-7-8-13-9-11-14(12-10-13)15(24,16(18,19)20)17(21,22)23/h9-12,24H,2-8H2,1H3. The Bertz CT molecular complexity index is 475. The van der Waals surface area contributed by atoms with Gasteiger partial charge in [0.15, 0.2) is 0 Å². The first-order chi connectivity index (χ1) is 11.0. The molecule has 0 saturated heterocycles. The van der Waals surface area contributed by atoms with Crippen molar-refractivity contribution in [2.24, 2.45) is 0 Å². The second kappa shape index (κ2) is 8.23. The quantitative estimate of drug-likeness (QED) is 0.454. The molecule has 0 aliphatic carbocycles. The van der Waals surface area contributed by atoms with E-state index in [1.807, 2.05) is 0 Å². The second-order valence-electron chi connectivity index (χ2n) is 5.92. The monoisotopic (exact) mass is 356 g/mol. The molecule has 0 spiro atoms. The van der Waals surface area contributed by atoms with Crippen LogP contribution >= 0.6 is 0 Å². The lowest BCUT2D eigenvalue weighted by molar-refractivity contribution is -0.376. The van der Waals surface area contributed by atoms with E-state index in [-0.39, 0.29) is 0 Å². The number of alkyl halides is 6. The Morgan fingerprint density at radius 2 is 1.21 bits per heavy atom. The Labute approximate surface area is 137 Å². The zero-order valence-electron chi connectivity index (χ0n) is 13.5. The van der Waals surface area contributed by atoms with Crippen LogP contribution in [0.4, 0.5) is 26.3 Å². The van der Waals surface area contributed by atoms with Crippen LogP contribution in [-0.2, 0) is 12.0 Å². The number of hydrogen-bond acceptors (Lipinski definition) is 1. The van der Waals surface area contributed by atoms with E-state index in [4.69, 9.17) is 0 Å².